The molecule has 1 heterocycles. The van der Waals surface area contributed by atoms with E-state index >= 15 is 0 Å². The molecule has 0 saturated heterocycles. The van der Waals surface area contributed by atoms with E-state index in [-0.39, 0.29) is 17.3 Å². The molecule has 0 saturated carbocycles. The van der Waals surface area contributed by atoms with Gasteiger partial charge in [-0.1, -0.05) is 20.8 Å². The van der Waals surface area contributed by atoms with Crippen LogP contribution in [0.4, 0.5) is 0 Å². The summed E-state index contributed by atoms with van der Waals surface area (Å²) in [5.74, 6) is 0.107. The summed E-state index contributed by atoms with van der Waals surface area (Å²) in [5.41, 5.74) is 0.773. The molecule has 0 fully saturated rings. The lowest BCUT2D eigenvalue weighted by Gasteiger charge is -2.27. The molecule has 0 radical (unpaired) electrons. The number of carbonyl (C=O) groups excluding carboxylic acids is 1. The molecule has 1 aromatic rings. The molecule has 0 amide bonds. The van der Waals surface area contributed by atoms with Crippen molar-refractivity contribution in [2.45, 2.75) is 46.8 Å². The van der Waals surface area contributed by atoms with Crippen molar-refractivity contribution in [1.82, 2.24) is 9.78 Å². The Balaban J connectivity index is 2.70. The molecule has 0 spiro atoms. The fraction of sp³-hybridized carbons (Fsp3) is 0.692. The van der Waals surface area contributed by atoms with Gasteiger partial charge >= 0.3 is 0 Å². The largest absolute Gasteiger partial charge is 0.373 e. The number of nitrogens with zero attached hydrogens (tertiary/aromatic N) is 2. The number of hydrogen-bond donors (Lipinski definition) is 0. The highest BCUT2D eigenvalue weighted by molar-refractivity contribution is 5.85. The predicted molar refractivity (Wildman–Crippen MR) is 66.9 cm³/mol. The Morgan fingerprint density at radius 2 is 2.18 bits per heavy atom. The van der Waals surface area contributed by atoms with Crippen LogP contribution in [0.5, 0.6) is 0 Å². The van der Waals surface area contributed by atoms with Crippen LogP contribution in [0.1, 0.15) is 33.3 Å². The average molecular weight is 238 g/mol. The molecule has 0 N–H and O–H groups in total. The Labute approximate surface area is 103 Å². The quantitative estimate of drug-likeness (QED) is 0.789. The summed E-state index contributed by atoms with van der Waals surface area (Å²) in [4.78, 5) is 12.1. The van der Waals surface area contributed by atoms with Gasteiger partial charge in [0.2, 0.25) is 0 Å². The number of rotatable bonds is 5. The summed E-state index contributed by atoms with van der Waals surface area (Å²) in [6.45, 7) is 8.87. The van der Waals surface area contributed by atoms with Gasteiger partial charge < -0.3 is 4.74 Å². The predicted octanol–water partition coefficient (Wildman–Crippen LogP) is 2.08. The Hall–Kier alpha value is -1.16. The number of methoxy groups -OCH3 is 1. The van der Waals surface area contributed by atoms with Gasteiger partial charge in [0.1, 0.15) is 6.10 Å². The molecule has 0 aliphatic carbocycles. The van der Waals surface area contributed by atoms with Crippen molar-refractivity contribution < 1.29 is 9.53 Å². The molecule has 4 heteroatoms. The summed E-state index contributed by atoms with van der Waals surface area (Å²) in [6.07, 6.45) is 3.67. The number of ether oxygens (including phenoxy) is 1. The molecule has 96 valence electrons. The van der Waals surface area contributed by atoms with Crippen LogP contribution in [0.2, 0.25) is 0 Å². The van der Waals surface area contributed by atoms with Gasteiger partial charge in [0, 0.05) is 26.3 Å². The van der Waals surface area contributed by atoms with Crippen LogP contribution < -0.4 is 0 Å². The zero-order valence-corrected chi connectivity index (χ0v) is 11.4. The fourth-order valence-corrected chi connectivity index (χ4v) is 1.93. The third-order valence-electron chi connectivity index (χ3n) is 2.70. The van der Waals surface area contributed by atoms with E-state index in [2.05, 4.69) is 5.10 Å². The zero-order valence-electron chi connectivity index (χ0n) is 11.4. The number of aryl methyl sites for hydroxylation is 1. The number of hydrogen-bond acceptors (Lipinski definition) is 3. The highest BCUT2D eigenvalue weighted by atomic mass is 16.5. The summed E-state index contributed by atoms with van der Waals surface area (Å²) in [6, 6.07) is 0. The van der Waals surface area contributed by atoms with Crippen molar-refractivity contribution in [3.8, 4) is 0 Å². The van der Waals surface area contributed by atoms with Crippen molar-refractivity contribution in [1.29, 1.82) is 0 Å². The smallest absolute Gasteiger partial charge is 0.166 e. The van der Waals surface area contributed by atoms with Gasteiger partial charge in [-0.2, -0.15) is 5.10 Å². The van der Waals surface area contributed by atoms with Crippen molar-refractivity contribution in [2.75, 3.05) is 7.11 Å². The van der Waals surface area contributed by atoms with E-state index in [0.717, 1.165) is 12.1 Å². The molecule has 1 aromatic heterocycles. The molecule has 17 heavy (non-hydrogen) atoms. The van der Waals surface area contributed by atoms with E-state index in [4.69, 9.17) is 4.74 Å². The first kappa shape index (κ1) is 13.9. The van der Waals surface area contributed by atoms with Gasteiger partial charge in [-0.25, -0.2) is 0 Å². The Bertz CT molecular complexity index is 377. The van der Waals surface area contributed by atoms with E-state index in [9.17, 15) is 4.79 Å². The first-order valence-corrected chi connectivity index (χ1v) is 5.95. The summed E-state index contributed by atoms with van der Waals surface area (Å²) < 4.78 is 7.13. The summed E-state index contributed by atoms with van der Waals surface area (Å²) in [5, 5.41) is 4.16. The topological polar surface area (TPSA) is 44.1 Å². The van der Waals surface area contributed by atoms with Gasteiger partial charge in [-0.3, -0.25) is 9.48 Å². The van der Waals surface area contributed by atoms with Crippen LogP contribution in [0.25, 0.3) is 0 Å². The second-order valence-corrected chi connectivity index (χ2v) is 5.33. The minimum atomic E-state index is -0.368. The van der Waals surface area contributed by atoms with E-state index in [1.54, 1.807) is 13.3 Å². The number of ketones is 1. The third kappa shape index (κ3) is 3.66. The molecular formula is C13H22N2O2. The normalized spacial score (nSPS) is 13.7. The second kappa shape index (κ2) is 5.45. The molecule has 1 atom stereocenters. The maximum atomic E-state index is 12.1. The van der Waals surface area contributed by atoms with Crippen LogP contribution in [-0.2, 0) is 22.5 Å². The molecule has 0 bridgehead atoms. The van der Waals surface area contributed by atoms with Gasteiger partial charge in [-0.15, -0.1) is 0 Å². The minimum absolute atomic E-state index is 0.107. The Morgan fingerprint density at radius 1 is 1.53 bits per heavy atom. The summed E-state index contributed by atoms with van der Waals surface area (Å²) in [7, 11) is 1.59. The minimum Gasteiger partial charge on any atom is -0.373 e. The van der Waals surface area contributed by atoms with Crippen molar-refractivity contribution in [2.24, 2.45) is 5.41 Å². The number of carbonyl (C=O) groups is 1. The Morgan fingerprint density at radius 3 is 2.59 bits per heavy atom. The van der Waals surface area contributed by atoms with Crippen LogP contribution in [0.15, 0.2) is 12.4 Å². The lowest BCUT2D eigenvalue weighted by atomic mass is 9.85. The molecule has 1 rings (SSSR count). The van der Waals surface area contributed by atoms with Gasteiger partial charge in [0.05, 0.1) is 6.20 Å². The fourth-order valence-electron chi connectivity index (χ4n) is 1.93. The molecule has 1 unspecified atom stereocenters. The molecule has 0 aliphatic heterocycles. The summed E-state index contributed by atoms with van der Waals surface area (Å²) >= 11 is 0. The first-order chi connectivity index (χ1) is 7.88. The van der Waals surface area contributed by atoms with Crippen molar-refractivity contribution >= 4 is 5.78 Å². The van der Waals surface area contributed by atoms with Crippen LogP contribution in [-0.4, -0.2) is 28.8 Å². The van der Waals surface area contributed by atoms with E-state index < -0.39 is 0 Å². The second-order valence-electron chi connectivity index (χ2n) is 5.33. The molecule has 0 aromatic carbocycles. The maximum Gasteiger partial charge on any atom is 0.166 e. The highest BCUT2D eigenvalue weighted by Crippen LogP contribution is 2.23. The van der Waals surface area contributed by atoms with E-state index in [1.165, 1.54) is 0 Å². The molecule has 0 aliphatic rings. The van der Waals surface area contributed by atoms with Crippen LogP contribution in [0, 0.1) is 5.41 Å². The molecular weight excluding hydrogens is 216 g/mol. The molecule has 4 nitrogen and oxygen atoms in total. The first-order valence-electron chi connectivity index (χ1n) is 5.95. The lowest BCUT2D eigenvalue weighted by Crippen LogP contribution is -2.37. The number of Topliss-reactive ketones (excluding diaryl/α,β-unsaturated/α-hetero) is 1. The monoisotopic (exact) mass is 238 g/mol. The zero-order chi connectivity index (χ0) is 13.1. The third-order valence-corrected chi connectivity index (χ3v) is 2.70. The van der Waals surface area contributed by atoms with Crippen molar-refractivity contribution in [3.05, 3.63) is 18.0 Å². The Kier molecular flexibility index (Phi) is 4.46. The van der Waals surface area contributed by atoms with E-state index in [0.29, 0.717) is 6.42 Å². The van der Waals surface area contributed by atoms with Crippen LogP contribution >= 0.6 is 0 Å². The van der Waals surface area contributed by atoms with Gasteiger partial charge in [-0.05, 0) is 17.9 Å². The van der Waals surface area contributed by atoms with Gasteiger partial charge in [0.25, 0.3) is 0 Å². The van der Waals surface area contributed by atoms with Gasteiger partial charge in [0.15, 0.2) is 5.78 Å². The maximum absolute atomic E-state index is 12.1. The number of aromatic nitrogens is 2. The van der Waals surface area contributed by atoms with Crippen LogP contribution in [0.3, 0.4) is 0 Å². The van der Waals surface area contributed by atoms with Crippen molar-refractivity contribution in [3.63, 3.8) is 0 Å². The van der Waals surface area contributed by atoms with E-state index in [1.807, 2.05) is 38.6 Å². The SMILES string of the molecule is CCn1cc(CC(=O)C(OC)C(C)(C)C)cn1. The standard InChI is InChI=1S/C13H22N2O2/c1-6-15-9-10(8-14-15)7-11(16)12(17-5)13(2,3)4/h8-9,12H,6-7H2,1-5H3. The lowest BCUT2D eigenvalue weighted by molar-refractivity contribution is -0.134. The average Bonchev–Trinajstić information content (AvgIpc) is 2.64. The highest BCUT2D eigenvalue weighted by Gasteiger charge is 2.30.